The number of benzene rings is 1. The van der Waals surface area contributed by atoms with Crippen LogP contribution in [0, 0.1) is 17.8 Å². The minimum atomic E-state index is 0.352. The molecule has 0 aliphatic heterocycles. The Hall–Kier alpha value is -1.57. The van der Waals surface area contributed by atoms with E-state index >= 15 is 0 Å². The van der Waals surface area contributed by atoms with E-state index in [0.717, 1.165) is 36.2 Å². The highest BCUT2D eigenvalue weighted by Gasteiger charge is 2.52. The standard InChI is InChI=1S/C21H26O2/c1-23-20-6-5-15(4-2-3-7-22)11-19(20)21-12-16-8-17(13-21)10-18(9-16)14-21/h2-3,5-7,11,16-18H,4,8-10,12-14H2,1H3/b3-2+. The van der Waals surface area contributed by atoms with Crippen LogP contribution in [0.3, 0.4) is 0 Å². The molecule has 4 fully saturated rings. The molecule has 2 nitrogen and oxygen atoms in total. The molecule has 5 rings (SSSR count). The van der Waals surface area contributed by atoms with Crippen molar-refractivity contribution in [3.63, 3.8) is 0 Å². The van der Waals surface area contributed by atoms with E-state index in [4.69, 9.17) is 4.74 Å². The first-order valence-corrected chi connectivity index (χ1v) is 9.00. The molecule has 0 saturated heterocycles. The van der Waals surface area contributed by atoms with Crippen molar-refractivity contribution < 1.29 is 9.53 Å². The molecule has 23 heavy (non-hydrogen) atoms. The summed E-state index contributed by atoms with van der Waals surface area (Å²) in [5.41, 5.74) is 3.08. The van der Waals surface area contributed by atoms with Crippen LogP contribution in [-0.2, 0) is 16.6 Å². The number of ether oxygens (including phenoxy) is 1. The highest BCUT2D eigenvalue weighted by molar-refractivity contribution is 5.64. The van der Waals surface area contributed by atoms with Gasteiger partial charge in [0.2, 0.25) is 0 Å². The Balaban J connectivity index is 1.70. The molecule has 1 aromatic rings. The van der Waals surface area contributed by atoms with Crippen molar-refractivity contribution in [1.29, 1.82) is 0 Å². The molecule has 0 spiro atoms. The second kappa shape index (κ2) is 5.81. The monoisotopic (exact) mass is 310 g/mol. The third kappa shape index (κ3) is 2.62. The zero-order valence-electron chi connectivity index (χ0n) is 14.0. The Bertz CT molecular complexity index is 593. The van der Waals surface area contributed by atoms with Gasteiger partial charge in [0.1, 0.15) is 12.0 Å². The normalized spacial score (nSPS) is 34.9. The smallest absolute Gasteiger partial charge is 0.142 e. The molecule has 0 atom stereocenters. The number of hydrogen-bond acceptors (Lipinski definition) is 2. The van der Waals surface area contributed by atoms with Crippen LogP contribution in [-0.4, -0.2) is 13.4 Å². The maximum Gasteiger partial charge on any atom is 0.142 e. The van der Waals surface area contributed by atoms with Gasteiger partial charge in [-0.25, -0.2) is 0 Å². The number of allylic oxidation sites excluding steroid dienone is 2. The second-order valence-electron chi connectivity index (χ2n) is 8.00. The van der Waals surface area contributed by atoms with Gasteiger partial charge in [0.15, 0.2) is 0 Å². The number of hydrogen-bond donors (Lipinski definition) is 0. The lowest BCUT2D eigenvalue weighted by Gasteiger charge is -2.57. The molecule has 0 aromatic heterocycles. The zero-order valence-corrected chi connectivity index (χ0v) is 14.0. The summed E-state index contributed by atoms with van der Waals surface area (Å²) in [6, 6.07) is 6.64. The minimum Gasteiger partial charge on any atom is -0.496 e. The molecule has 0 amide bonds. The molecule has 0 unspecified atom stereocenters. The average Bonchev–Trinajstić information content (AvgIpc) is 2.54. The molecular formula is C21H26O2. The summed E-state index contributed by atoms with van der Waals surface area (Å²) >= 11 is 0. The first kappa shape index (κ1) is 15.0. The predicted octanol–water partition coefficient (Wildman–Crippen LogP) is 4.46. The van der Waals surface area contributed by atoms with Gasteiger partial charge >= 0.3 is 0 Å². The van der Waals surface area contributed by atoms with Crippen LogP contribution in [0.5, 0.6) is 5.75 Å². The van der Waals surface area contributed by atoms with E-state index < -0.39 is 0 Å². The molecule has 4 saturated carbocycles. The van der Waals surface area contributed by atoms with Crippen molar-refractivity contribution in [2.75, 3.05) is 7.11 Å². The third-order valence-electron chi connectivity index (χ3n) is 6.44. The fourth-order valence-electron chi connectivity index (χ4n) is 6.00. The van der Waals surface area contributed by atoms with E-state index in [9.17, 15) is 4.79 Å². The molecule has 1 aromatic carbocycles. The van der Waals surface area contributed by atoms with Crippen LogP contribution >= 0.6 is 0 Å². The van der Waals surface area contributed by atoms with E-state index in [1.165, 1.54) is 49.7 Å². The molecular weight excluding hydrogens is 284 g/mol. The lowest BCUT2D eigenvalue weighted by Crippen LogP contribution is -2.48. The van der Waals surface area contributed by atoms with Crippen LogP contribution in [0.4, 0.5) is 0 Å². The summed E-state index contributed by atoms with van der Waals surface area (Å²) < 4.78 is 5.74. The average molecular weight is 310 g/mol. The van der Waals surface area contributed by atoms with Crippen LogP contribution in [0.25, 0.3) is 0 Å². The Morgan fingerprint density at radius 1 is 1.13 bits per heavy atom. The van der Waals surface area contributed by atoms with Gasteiger partial charge in [-0.05, 0) is 85.8 Å². The SMILES string of the molecule is COc1ccc(C/C=C/C=O)cc1C12CC3CC(CC(C3)C1)C2. The molecule has 0 N–H and O–H groups in total. The summed E-state index contributed by atoms with van der Waals surface area (Å²) in [4.78, 5) is 10.5. The third-order valence-corrected chi connectivity index (χ3v) is 6.44. The Morgan fingerprint density at radius 2 is 1.78 bits per heavy atom. The first-order valence-electron chi connectivity index (χ1n) is 9.00. The van der Waals surface area contributed by atoms with Crippen LogP contribution in [0.1, 0.15) is 49.7 Å². The molecule has 2 heteroatoms. The summed E-state index contributed by atoms with van der Waals surface area (Å²) in [6.07, 6.45) is 13.6. The van der Waals surface area contributed by atoms with Gasteiger partial charge < -0.3 is 4.74 Å². The lowest BCUT2D eigenvalue weighted by atomic mass is 9.48. The number of methoxy groups -OCH3 is 1. The highest BCUT2D eigenvalue weighted by Crippen LogP contribution is 2.61. The fraction of sp³-hybridized carbons (Fsp3) is 0.571. The predicted molar refractivity (Wildman–Crippen MR) is 91.8 cm³/mol. The van der Waals surface area contributed by atoms with Crippen molar-refractivity contribution in [2.45, 2.75) is 50.4 Å². The highest BCUT2D eigenvalue weighted by atomic mass is 16.5. The van der Waals surface area contributed by atoms with E-state index in [1.54, 1.807) is 13.2 Å². The van der Waals surface area contributed by atoms with Crippen molar-refractivity contribution in [1.82, 2.24) is 0 Å². The van der Waals surface area contributed by atoms with E-state index in [1.807, 2.05) is 6.08 Å². The number of carbonyl (C=O) groups excluding carboxylic acids is 1. The Morgan fingerprint density at radius 3 is 2.35 bits per heavy atom. The molecule has 122 valence electrons. The van der Waals surface area contributed by atoms with E-state index in [-0.39, 0.29) is 0 Å². The van der Waals surface area contributed by atoms with E-state index in [0.29, 0.717) is 5.41 Å². The maximum absolute atomic E-state index is 10.5. The summed E-state index contributed by atoms with van der Waals surface area (Å²) in [7, 11) is 1.80. The van der Waals surface area contributed by atoms with Gasteiger partial charge in [0, 0.05) is 5.56 Å². The number of carbonyl (C=O) groups is 1. The quantitative estimate of drug-likeness (QED) is 0.593. The summed E-state index contributed by atoms with van der Waals surface area (Å²) in [6.45, 7) is 0. The Labute approximate surface area is 138 Å². The molecule has 4 aliphatic rings. The van der Waals surface area contributed by atoms with Gasteiger partial charge in [-0.15, -0.1) is 0 Å². The van der Waals surface area contributed by atoms with Crippen molar-refractivity contribution in [3.8, 4) is 5.75 Å². The molecule has 0 radical (unpaired) electrons. The van der Waals surface area contributed by atoms with Gasteiger partial charge in [-0.1, -0.05) is 18.2 Å². The number of rotatable bonds is 5. The first-order chi connectivity index (χ1) is 11.2. The summed E-state index contributed by atoms with van der Waals surface area (Å²) in [5, 5.41) is 0. The molecule has 0 heterocycles. The zero-order chi connectivity index (χ0) is 15.9. The molecule has 4 bridgehead atoms. The van der Waals surface area contributed by atoms with Gasteiger partial charge in [0.05, 0.1) is 7.11 Å². The van der Waals surface area contributed by atoms with Crippen molar-refractivity contribution in [2.24, 2.45) is 17.8 Å². The topological polar surface area (TPSA) is 26.3 Å². The van der Waals surface area contributed by atoms with Crippen molar-refractivity contribution in [3.05, 3.63) is 41.5 Å². The maximum atomic E-state index is 10.5. The van der Waals surface area contributed by atoms with Crippen LogP contribution < -0.4 is 4.74 Å². The van der Waals surface area contributed by atoms with Gasteiger partial charge in [-0.3, -0.25) is 4.79 Å². The summed E-state index contributed by atoms with van der Waals surface area (Å²) in [5.74, 6) is 3.87. The lowest BCUT2D eigenvalue weighted by molar-refractivity contribution is -0.104. The van der Waals surface area contributed by atoms with Gasteiger partial charge in [0.25, 0.3) is 0 Å². The van der Waals surface area contributed by atoms with Crippen molar-refractivity contribution >= 4 is 6.29 Å². The van der Waals surface area contributed by atoms with Crippen LogP contribution in [0.2, 0.25) is 0 Å². The fourth-order valence-corrected chi connectivity index (χ4v) is 6.00. The molecule has 4 aliphatic carbocycles. The van der Waals surface area contributed by atoms with E-state index in [2.05, 4.69) is 18.2 Å². The van der Waals surface area contributed by atoms with Crippen LogP contribution in [0.15, 0.2) is 30.4 Å². The number of aldehydes is 1. The Kier molecular flexibility index (Phi) is 3.79. The second-order valence-corrected chi connectivity index (χ2v) is 8.00. The largest absolute Gasteiger partial charge is 0.496 e. The minimum absolute atomic E-state index is 0.352. The van der Waals surface area contributed by atoms with Gasteiger partial charge in [-0.2, -0.15) is 0 Å².